The van der Waals surface area contributed by atoms with E-state index in [1.165, 1.54) is 5.56 Å². The molecule has 1 N–H and O–H groups in total. The summed E-state index contributed by atoms with van der Waals surface area (Å²) in [6, 6.07) is 11.6. The molecule has 1 aromatic carbocycles. The van der Waals surface area contributed by atoms with Gasteiger partial charge in [-0.25, -0.2) is 4.98 Å². The topological polar surface area (TPSA) is 46.4 Å². The van der Waals surface area contributed by atoms with E-state index in [0.717, 1.165) is 16.9 Å². The second kappa shape index (κ2) is 6.20. The largest absolute Gasteiger partial charge is 0.350 e. The molecule has 3 rings (SSSR count). The molecule has 0 aliphatic carbocycles. The Labute approximate surface area is 133 Å². The Bertz CT molecular complexity index is 808. The smallest absolute Gasteiger partial charge is 0.224 e. The molecule has 2 aromatic heterocycles. The second-order valence-electron chi connectivity index (χ2n) is 5.28. The molecular formula is C17H16ClN3O. The molecule has 0 atom stereocenters. The molecule has 3 aromatic rings. The van der Waals surface area contributed by atoms with Gasteiger partial charge >= 0.3 is 0 Å². The Morgan fingerprint density at radius 2 is 1.95 bits per heavy atom. The molecule has 0 bridgehead atoms. The first-order chi connectivity index (χ1) is 10.6. The number of carbonyl (C=O) groups excluding carboxylic acids is 1. The third-order valence-corrected chi connectivity index (χ3v) is 3.64. The van der Waals surface area contributed by atoms with Gasteiger partial charge < -0.3 is 9.72 Å². The Morgan fingerprint density at radius 3 is 2.73 bits per heavy atom. The number of benzene rings is 1. The molecule has 0 fully saturated rings. The predicted molar refractivity (Wildman–Crippen MR) is 86.9 cm³/mol. The van der Waals surface area contributed by atoms with E-state index in [1.807, 2.05) is 47.9 Å². The molecule has 0 aliphatic rings. The molecule has 22 heavy (non-hydrogen) atoms. The van der Waals surface area contributed by atoms with Crippen molar-refractivity contribution in [2.45, 2.75) is 19.9 Å². The van der Waals surface area contributed by atoms with Crippen molar-refractivity contribution < 1.29 is 4.79 Å². The Balaban J connectivity index is 1.61. The second-order valence-corrected chi connectivity index (χ2v) is 5.72. The number of nitrogens with zero attached hydrogens (tertiary/aromatic N) is 2. The molecule has 0 saturated heterocycles. The van der Waals surface area contributed by atoms with Crippen LogP contribution in [-0.2, 0) is 17.8 Å². The van der Waals surface area contributed by atoms with E-state index in [4.69, 9.17) is 11.6 Å². The minimum absolute atomic E-state index is 0.0149. The van der Waals surface area contributed by atoms with Gasteiger partial charge in [-0.3, -0.25) is 4.79 Å². The van der Waals surface area contributed by atoms with E-state index in [0.29, 0.717) is 18.0 Å². The average molecular weight is 314 g/mol. The summed E-state index contributed by atoms with van der Waals surface area (Å²) in [6.07, 6.45) is 4.04. The van der Waals surface area contributed by atoms with Crippen LogP contribution >= 0.6 is 11.6 Å². The van der Waals surface area contributed by atoms with Crippen LogP contribution in [0.5, 0.6) is 0 Å². The van der Waals surface area contributed by atoms with Gasteiger partial charge in [-0.1, -0.05) is 41.4 Å². The van der Waals surface area contributed by atoms with Crippen LogP contribution in [0.25, 0.3) is 5.65 Å². The highest BCUT2D eigenvalue weighted by atomic mass is 35.5. The molecule has 0 radical (unpaired) electrons. The number of aryl methyl sites for hydroxylation is 1. The first-order valence-electron chi connectivity index (χ1n) is 7.05. The van der Waals surface area contributed by atoms with E-state index in [-0.39, 0.29) is 5.91 Å². The fourth-order valence-electron chi connectivity index (χ4n) is 2.25. The normalized spacial score (nSPS) is 10.8. The number of hydrogen-bond donors (Lipinski definition) is 1. The first kappa shape index (κ1) is 14.6. The number of fused-ring (bicyclic) bond motifs is 1. The first-order valence-corrected chi connectivity index (χ1v) is 7.43. The minimum atomic E-state index is -0.0149. The zero-order valence-electron chi connectivity index (χ0n) is 12.2. The molecular weight excluding hydrogens is 298 g/mol. The molecule has 0 unspecified atom stereocenters. The third-order valence-electron chi connectivity index (χ3n) is 3.42. The van der Waals surface area contributed by atoms with Crippen molar-refractivity contribution in [3.05, 3.63) is 70.6 Å². The average Bonchev–Trinajstić information content (AvgIpc) is 2.89. The summed E-state index contributed by atoms with van der Waals surface area (Å²) in [7, 11) is 0. The van der Waals surface area contributed by atoms with Crippen LogP contribution in [0, 0.1) is 6.92 Å². The van der Waals surface area contributed by atoms with Gasteiger partial charge in [0.05, 0.1) is 23.7 Å². The lowest BCUT2D eigenvalue weighted by molar-refractivity contribution is -0.120. The third kappa shape index (κ3) is 3.46. The Morgan fingerprint density at radius 1 is 1.18 bits per heavy atom. The van der Waals surface area contributed by atoms with Crippen molar-refractivity contribution in [1.29, 1.82) is 0 Å². The van der Waals surface area contributed by atoms with E-state index in [9.17, 15) is 4.79 Å². The van der Waals surface area contributed by atoms with Crippen LogP contribution in [-0.4, -0.2) is 15.3 Å². The van der Waals surface area contributed by atoms with E-state index >= 15 is 0 Å². The molecule has 112 valence electrons. The monoisotopic (exact) mass is 313 g/mol. The lowest BCUT2D eigenvalue weighted by atomic mass is 10.1. The fraction of sp³-hybridized carbons (Fsp3) is 0.176. The number of rotatable bonds is 4. The van der Waals surface area contributed by atoms with Crippen molar-refractivity contribution in [3.63, 3.8) is 0 Å². The number of imidazole rings is 1. The highest BCUT2D eigenvalue weighted by Crippen LogP contribution is 2.11. The highest BCUT2D eigenvalue weighted by Gasteiger charge is 2.06. The molecule has 0 aliphatic heterocycles. The van der Waals surface area contributed by atoms with Gasteiger partial charge in [-0.2, -0.15) is 0 Å². The van der Waals surface area contributed by atoms with Crippen LogP contribution in [0.3, 0.4) is 0 Å². The van der Waals surface area contributed by atoms with Gasteiger partial charge in [0.1, 0.15) is 5.65 Å². The Hall–Kier alpha value is -2.33. The van der Waals surface area contributed by atoms with Gasteiger partial charge in [0.15, 0.2) is 0 Å². The molecule has 5 heteroatoms. The quantitative estimate of drug-likeness (QED) is 0.804. The van der Waals surface area contributed by atoms with Gasteiger partial charge in [-0.15, -0.1) is 0 Å². The summed E-state index contributed by atoms with van der Waals surface area (Å²) >= 11 is 5.94. The van der Waals surface area contributed by atoms with Crippen molar-refractivity contribution in [3.8, 4) is 0 Å². The Kier molecular flexibility index (Phi) is 4.11. The summed E-state index contributed by atoms with van der Waals surface area (Å²) < 4.78 is 1.85. The van der Waals surface area contributed by atoms with Crippen LogP contribution < -0.4 is 5.32 Å². The molecule has 0 spiro atoms. The number of hydrogen-bond acceptors (Lipinski definition) is 2. The SMILES string of the molecule is Cc1ccc(CC(=O)NCc2cn3cc(Cl)ccc3n2)cc1. The van der Waals surface area contributed by atoms with Gasteiger partial charge in [0.25, 0.3) is 0 Å². The van der Waals surface area contributed by atoms with Gasteiger partial charge in [0, 0.05) is 12.4 Å². The zero-order chi connectivity index (χ0) is 15.5. The van der Waals surface area contributed by atoms with Crippen LogP contribution in [0.2, 0.25) is 5.02 Å². The number of pyridine rings is 1. The van der Waals surface area contributed by atoms with Gasteiger partial charge in [-0.05, 0) is 24.6 Å². The fourth-order valence-corrected chi connectivity index (χ4v) is 2.41. The number of carbonyl (C=O) groups is 1. The van der Waals surface area contributed by atoms with E-state index in [1.54, 1.807) is 12.3 Å². The standard InChI is InChI=1S/C17H16ClN3O/c1-12-2-4-13(5-3-12)8-17(22)19-9-15-11-21-10-14(18)6-7-16(21)20-15/h2-7,10-11H,8-9H2,1H3,(H,19,22). The van der Waals surface area contributed by atoms with Crippen LogP contribution in [0.4, 0.5) is 0 Å². The van der Waals surface area contributed by atoms with Crippen LogP contribution in [0.15, 0.2) is 48.8 Å². The lowest BCUT2D eigenvalue weighted by Gasteiger charge is -2.03. The van der Waals surface area contributed by atoms with Gasteiger partial charge in [0.2, 0.25) is 5.91 Å². The molecule has 0 saturated carbocycles. The van der Waals surface area contributed by atoms with E-state index in [2.05, 4.69) is 10.3 Å². The number of aromatic nitrogens is 2. The highest BCUT2D eigenvalue weighted by molar-refractivity contribution is 6.30. The van der Waals surface area contributed by atoms with Crippen molar-refractivity contribution in [2.24, 2.45) is 0 Å². The van der Waals surface area contributed by atoms with Crippen molar-refractivity contribution in [2.75, 3.05) is 0 Å². The lowest BCUT2D eigenvalue weighted by Crippen LogP contribution is -2.24. The molecule has 4 nitrogen and oxygen atoms in total. The summed E-state index contributed by atoms with van der Waals surface area (Å²) in [5.74, 6) is -0.0149. The maximum Gasteiger partial charge on any atom is 0.224 e. The van der Waals surface area contributed by atoms with Crippen molar-refractivity contribution >= 4 is 23.2 Å². The summed E-state index contributed by atoms with van der Waals surface area (Å²) in [5.41, 5.74) is 3.81. The number of nitrogens with one attached hydrogen (secondary N) is 1. The minimum Gasteiger partial charge on any atom is -0.350 e. The van der Waals surface area contributed by atoms with Crippen LogP contribution in [0.1, 0.15) is 16.8 Å². The van der Waals surface area contributed by atoms with E-state index < -0.39 is 0 Å². The van der Waals surface area contributed by atoms with Crippen molar-refractivity contribution in [1.82, 2.24) is 14.7 Å². The molecule has 1 amide bonds. The summed E-state index contributed by atoms with van der Waals surface area (Å²) in [5, 5.41) is 3.54. The molecule has 2 heterocycles. The summed E-state index contributed by atoms with van der Waals surface area (Å²) in [6.45, 7) is 2.43. The predicted octanol–water partition coefficient (Wildman–Crippen LogP) is 3.16. The maximum atomic E-state index is 12.0. The maximum absolute atomic E-state index is 12.0. The number of halogens is 1. The number of amides is 1. The zero-order valence-corrected chi connectivity index (χ0v) is 13.0. The summed E-state index contributed by atoms with van der Waals surface area (Å²) in [4.78, 5) is 16.4.